The zero-order chi connectivity index (χ0) is 13.4. The van der Waals surface area contributed by atoms with Gasteiger partial charge in [-0.05, 0) is 30.7 Å². The van der Waals surface area contributed by atoms with Crippen molar-refractivity contribution in [3.05, 3.63) is 64.1 Å². The van der Waals surface area contributed by atoms with Gasteiger partial charge in [0.05, 0.1) is 16.2 Å². The number of aryl methyl sites for hydroxylation is 1. The number of para-hydroxylation sites is 1. The molecule has 0 aliphatic carbocycles. The molecule has 0 saturated carbocycles. The molecule has 3 rings (SSSR count). The van der Waals surface area contributed by atoms with E-state index >= 15 is 0 Å². The fourth-order valence-corrected chi connectivity index (χ4v) is 2.53. The molecule has 0 fully saturated rings. The van der Waals surface area contributed by atoms with Crippen molar-refractivity contribution >= 4 is 46.5 Å². The largest absolute Gasteiger partial charge is 0.246 e. The summed E-state index contributed by atoms with van der Waals surface area (Å²) >= 11 is 12.4. The zero-order valence-electron chi connectivity index (χ0n) is 10.7. The summed E-state index contributed by atoms with van der Waals surface area (Å²) in [6.07, 6.45) is 0. The Morgan fingerprint density at radius 3 is 2.25 bits per heavy atom. The van der Waals surface area contributed by atoms with Crippen molar-refractivity contribution in [2.24, 2.45) is 0 Å². The Hall–Kier alpha value is -1.28. The first-order valence-corrected chi connectivity index (χ1v) is 6.73. The van der Waals surface area contributed by atoms with E-state index < -0.39 is 0 Å². The van der Waals surface area contributed by atoms with Crippen LogP contribution in [0.25, 0.3) is 22.2 Å². The molecule has 0 bridgehead atoms. The van der Waals surface area contributed by atoms with Crippen molar-refractivity contribution in [2.75, 3.05) is 0 Å². The van der Waals surface area contributed by atoms with Gasteiger partial charge < -0.3 is 0 Å². The number of pyridine rings is 1. The molecular formula is C16H12Cl3N. The molecule has 1 nitrogen and oxygen atoms in total. The molecule has 0 unspecified atom stereocenters. The van der Waals surface area contributed by atoms with E-state index in [4.69, 9.17) is 23.2 Å². The highest BCUT2D eigenvalue weighted by Gasteiger charge is 2.11. The summed E-state index contributed by atoms with van der Waals surface area (Å²) in [6.45, 7) is 2.02. The lowest BCUT2D eigenvalue weighted by molar-refractivity contribution is 1.36. The third-order valence-corrected chi connectivity index (χ3v) is 3.91. The lowest BCUT2D eigenvalue weighted by Crippen LogP contribution is -1.91. The molecule has 102 valence electrons. The Morgan fingerprint density at radius 1 is 0.900 bits per heavy atom. The number of hydrogen-bond donors (Lipinski definition) is 0. The minimum absolute atomic E-state index is 0. The van der Waals surface area contributed by atoms with E-state index in [0.29, 0.717) is 10.0 Å². The molecule has 0 aliphatic heterocycles. The molecule has 0 spiro atoms. The van der Waals surface area contributed by atoms with Crippen LogP contribution in [0.3, 0.4) is 0 Å². The zero-order valence-corrected chi connectivity index (χ0v) is 13.1. The predicted molar refractivity (Wildman–Crippen MR) is 89.2 cm³/mol. The summed E-state index contributed by atoms with van der Waals surface area (Å²) in [6, 6.07) is 15.6. The Balaban J connectivity index is 0.00000147. The lowest BCUT2D eigenvalue weighted by Gasteiger charge is -2.10. The molecule has 20 heavy (non-hydrogen) atoms. The minimum atomic E-state index is 0. The van der Waals surface area contributed by atoms with Crippen LogP contribution in [0, 0.1) is 6.92 Å². The maximum Gasteiger partial charge on any atom is 0.0898 e. The highest BCUT2D eigenvalue weighted by atomic mass is 35.5. The van der Waals surface area contributed by atoms with E-state index in [1.54, 1.807) is 0 Å². The van der Waals surface area contributed by atoms with E-state index in [9.17, 15) is 0 Å². The molecule has 2 aromatic carbocycles. The van der Waals surface area contributed by atoms with Crippen LogP contribution >= 0.6 is 35.6 Å². The maximum atomic E-state index is 6.45. The van der Waals surface area contributed by atoms with Crippen molar-refractivity contribution in [3.8, 4) is 11.3 Å². The van der Waals surface area contributed by atoms with Gasteiger partial charge in [-0.15, -0.1) is 12.4 Å². The average molecular weight is 325 g/mol. The van der Waals surface area contributed by atoms with Crippen molar-refractivity contribution in [2.45, 2.75) is 6.92 Å². The topological polar surface area (TPSA) is 12.9 Å². The highest BCUT2D eigenvalue weighted by Crippen LogP contribution is 2.33. The number of hydrogen-bond acceptors (Lipinski definition) is 1. The van der Waals surface area contributed by atoms with E-state index in [2.05, 4.69) is 4.98 Å². The van der Waals surface area contributed by atoms with Gasteiger partial charge in [-0.2, -0.15) is 0 Å². The Morgan fingerprint density at radius 2 is 1.55 bits per heavy atom. The van der Waals surface area contributed by atoms with Crippen LogP contribution in [0.5, 0.6) is 0 Å². The van der Waals surface area contributed by atoms with Gasteiger partial charge in [-0.25, -0.2) is 4.98 Å². The van der Waals surface area contributed by atoms with E-state index in [1.807, 2.05) is 55.5 Å². The molecule has 0 amide bonds. The van der Waals surface area contributed by atoms with Gasteiger partial charge in [0.1, 0.15) is 0 Å². The molecule has 4 heteroatoms. The second-order valence-corrected chi connectivity index (χ2v) is 5.24. The predicted octanol–water partition coefficient (Wildman–Crippen LogP) is 5.94. The van der Waals surface area contributed by atoms with Crippen LogP contribution in [-0.4, -0.2) is 4.98 Å². The van der Waals surface area contributed by atoms with Crippen LogP contribution in [0.4, 0.5) is 0 Å². The quantitative estimate of drug-likeness (QED) is 0.540. The third-order valence-electron chi connectivity index (χ3n) is 3.20. The average Bonchev–Trinajstić information content (AvgIpc) is 2.44. The molecule has 0 atom stereocenters. The van der Waals surface area contributed by atoms with Crippen LogP contribution in [0.2, 0.25) is 10.0 Å². The normalized spacial score (nSPS) is 10.3. The van der Waals surface area contributed by atoms with Crippen molar-refractivity contribution < 1.29 is 0 Å². The first-order chi connectivity index (χ1) is 9.16. The van der Waals surface area contributed by atoms with Crippen molar-refractivity contribution in [1.82, 2.24) is 4.98 Å². The second kappa shape index (κ2) is 6.01. The Labute approximate surface area is 134 Å². The maximum absolute atomic E-state index is 6.45. The fourth-order valence-electron chi connectivity index (χ4n) is 2.15. The van der Waals surface area contributed by atoms with Crippen molar-refractivity contribution in [1.29, 1.82) is 0 Å². The Kier molecular flexibility index (Phi) is 4.54. The summed E-state index contributed by atoms with van der Waals surface area (Å²) in [4.78, 5) is 4.66. The number of halogens is 3. The third kappa shape index (κ3) is 2.62. The number of benzene rings is 2. The van der Waals surface area contributed by atoms with Gasteiger partial charge in [0.2, 0.25) is 0 Å². The van der Waals surface area contributed by atoms with E-state index in [-0.39, 0.29) is 12.4 Å². The molecule has 1 heterocycles. The summed E-state index contributed by atoms with van der Waals surface area (Å²) < 4.78 is 0. The molecule has 0 saturated heterocycles. The van der Waals surface area contributed by atoms with Crippen LogP contribution in [0.15, 0.2) is 48.5 Å². The van der Waals surface area contributed by atoms with Crippen LogP contribution in [0.1, 0.15) is 5.56 Å². The summed E-state index contributed by atoms with van der Waals surface area (Å²) in [7, 11) is 0. The Bertz CT molecular complexity index is 752. The smallest absolute Gasteiger partial charge is 0.0898 e. The fraction of sp³-hybridized carbons (Fsp3) is 0.0625. The standard InChI is InChI=1S/C16H11Cl2N.ClH/c1-10-13-4-2-3-5-14(13)19-16(15(10)18)11-6-8-12(17)9-7-11;/h2-9H,1H3;1H. The van der Waals surface area contributed by atoms with Crippen LogP contribution in [-0.2, 0) is 0 Å². The van der Waals surface area contributed by atoms with Gasteiger partial charge in [0.25, 0.3) is 0 Å². The summed E-state index contributed by atoms with van der Waals surface area (Å²) in [5, 5.41) is 2.49. The molecule has 3 aromatic rings. The van der Waals surface area contributed by atoms with Gasteiger partial charge in [0, 0.05) is 16.0 Å². The molecule has 1 aromatic heterocycles. The molecule has 0 aliphatic rings. The first-order valence-electron chi connectivity index (χ1n) is 5.97. The molecule has 0 N–H and O–H groups in total. The number of rotatable bonds is 1. The molecular weight excluding hydrogens is 313 g/mol. The van der Waals surface area contributed by atoms with Gasteiger partial charge in [-0.3, -0.25) is 0 Å². The van der Waals surface area contributed by atoms with Crippen LogP contribution < -0.4 is 0 Å². The van der Waals surface area contributed by atoms with Crippen molar-refractivity contribution in [3.63, 3.8) is 0 Å². The first kappa shape index (κ1) is 15.1. The van der Waals surface area contributed by atoms with Gasteiger partial charge in [-0.1, -0.05) is 53.5 Å². The highest BCUT2D eigenvalue weighted by molar-refractivity contribution is 6.34. The minimum Gasteiger partial charge on any atom is -0.246 e. The van der Waals surface area contributed by atoms with E-state index in [0.717, 1.165) is 27.7 Å². The van der Waals surface area contributed by atoms with E-state index in [1.165, 1.54) is 0 Å². The van der Waals surface area contributed by atoms with Gasteiger partial charge >= 0.3 is 0 Å². The number of nitrogens with zero attached hydrogens (tertiary/aromatic N) is 1. The monoisotopic (exact) mass is 323 g/mol. The number of aromatic nitrogens is 1. The summed E-state index contributed by atoms with van der Waals surface area (Å²) in [5.74, 6) is 0. The summed E-state index contributed by atoms with van der Waals surface area (Å²) in [5.41, 5.74) is 3.78. The lowest BCUT2D eigenvalue weighted by atomic mass is 10.0. The SMILES string of the molecule is Cc1c(Cl)c(-c2ccc(Cl)cc2)nc2ccccc12.Cl. The number of fused-ring (bicyclic) bond motifs is 1. The molecule has 0 radical (unpaired) electrons. The second-order valence-electron chi connectivity index (χ2n) is 4.42. The van der Waals surface area contributed by atoms with Gasteiger partial charge in [0.15, 0.2) is 0 Å².